The minimum Gasteiger partial charge on any atom is -0.378 e. The van der Waals surface area contributed by atoms with Gasteiger partial charge in [0, 0.05) is 34.2 Å². The van der Waals surface area contributed by atoms with Gasteiger partial charge in [0.2, 0.25) is 0 Å². The number of rotatable bonds is 10. The quantitative estimate of drug-likeness (QED) is 0.159. The average Bonchev–Trinajstić information content (AvgIpc) is 3.05. The van der Waals surface area contributed by atoms with Gasteiger partial charge in [0.05, 0.1) is 47.4 Å². The Morgan fingerprint density at radius 1 is 0.340 bits per heavy atom. The summed E-state index contributed by atoms with van der Waals surface area (Å²) in [5.74, 6) is 0. The van der Waals surface area contributed by atoms with Crippen LogP contribution in [0.5, 0.6) is 0 Å². The molecule has 7 nitrogen and oxygen atoms in total. The van der Waals surface area contributed by atoms with Gasteiger partial charge in [0.25, 0.3) is 0 Å². The van der Waals surface area contributed by atoms with Gasteiger partial charge >= 0.3 is 0 Å². The van der Waals surface area contributed by atoms with Gasteiger partial charge in [0.15, 0.2) is 0 Å². The summed E-state index contributed by atoms with van der Waals surface area (Å²) in [7, 11) is 0. The second-order valence-electron chi connectivity index (χ2n) is 12.3. The Morgan fingerprint density at radius 3 is 0.702 bits per heavy atom. The van der Waals surface area contributed by atoms with Gasteiger partial charge in [-0.15, -0.1) is 0 Å². The molecular formula is C40H40N6O. The third-order valence-corrected chi connectivity index (χ3v) is 8.59. The molecule has 6 aromatic rings. The number of hydrogen-bond donors (Lipinski definition) is 0. The first-order valence-electron chi connectivity index (χ1n) is 15.9. The van der Waals surface area contributed by atoms with E-state index < -0.39 is 10.8 Å². The Morgan fingerprint density at radius 2 is 0.532 bits per heavy atom. The van der Waals surface area contributed by atoms with Crippen molar-refractivity contribution in [3.63, 3.8) is 0 Å². The first kappa shape index (κ1) is 31.8. The maximum absolute atomic E-state index is 7.09. The SMILES string of the molecule is Cc1cccc(C(COCC(c2cccc(C)n2)(c2cccc(C)n2)c2cccc(C)n2)(c2cccc(C)n2)c2cccc(C)n2)n1. The molecule has 0 saturated carbocycles. The largest absolute Gasteiger partial charge is 0.378 e. The predicted molar refractivity (Wildman–Crippen MR) is 184 cm³/mol. The number of ether oxygens (including phenoxy) is 1. The molecule has 0 spiro atoms. The van der Waals surface area contributed by atoms with Gasteiger partial charge in [-0.25, -0.2) is 0 Å². The zero-order chi connectivity index (χ0) is 33.0. The summed E-state index contributed by atoms with van der Waals surface area (Å²) < 4.78 is 7.09. The molecule has 6 rings (SSSR count). The molecule has 0 atom stereocenters. The summed E-state index contributed by atoms with van der Waals surface area (Å²) >= 11 is 0. The summed E-state index contributed by atoms with van der Waals surface area (Å²) in [6.45, 7) is 12.4. The maximum atomic E-state index is 7.09. The molecule has 0 aliphatic rings. The molecule has 47 heavy (non-hydrogen) atoms. The molecular weight excluding hydrogens is 580 g/mol. The van der Waals surface area contributed by atoms with Gasteiger partial charge in [-0.3, -0.25) is 29.9 Å². The summed E-state index contributed by atoms with van der Waals surface area (Å²) in [6, 6.07) is 36.5. The van der Waals surface area contributed by atoms with Crippen LogP contribution in [0, 0.1) is 41.5 Å². The lowest BCUT2D eigenvalue weighted by atomic mass is 9.75. The van der Waals surface area contributed by atoms with Crippen LogP contribution in [-0.4, -0.2) is 43.1 Å². The van der Waals surface area contributed by atoms with E-state index in [4.69, 9.17) is 34.6 Å². The second kappa shape index (κ2) is 13.3. The fourth-order valence-corrected chi connectivity index (χ4v) is 6.27. The van der Waals surface area contributed by atoms with Crippen molar-refractivity contribution in [2.45, 2.75) is 52.4 Å². The van der Waals surface area contributed by atoms with Crippen LogP contribution in [-0.2, 0) is 15.6 Å². The van der Waals surface area contributed by atoms with E-state index in [1.807, 2.05) is 151 Å². The van der Waals surface area contributed by atoms with Gasteiger partial charge < -0.3 is 4.74 Å². The normalized spacial score (nSPS) is 11.9. The predicted octanol–water partition coefficient (Wildman–Crippen LogP) is 7.29. The van der Waals surface area contributed by atoms with Crippen LogP contribution < -0.4 is 0 Å². The third-order valence-electron chi connectivity index (χ3n) is 8.59. The van der Waals surface area contributed by atoms with E-state index in [0.29, 0.717) is 0 Å². The Hall–Kier alpha value is -5.14. The van der Waals surface area contributed by atoms with Gasteiger partial charge in [-0.2, -0.15) is 0 Å². The molecule has 0 amide bonds. The van der Waals surface area contributed by atoms with E-state index in [1.54, 1.807) is 0 Å². The molecule has 0 N–H and O–H groups in total. The first-order chi connectivity index (χ1) is 22.7. The number of pyridine rings is 6. The van der Waals surface area contributed by atoms with E-state index in [-0.39, 0.29) is 13.2 Å². The topological polar surface area (TPSA) is 86.6 Å². The van der Waals surface area contributed by atoms with Crippen molar-refractivity contribution in [3.05, 3.63) is 178 Å². The molecule has 0 aromatic carbocycles. The third kappa shape index (κ3) is 6.31. The molecule has 0 unspecified atom stereocenters. The van der Waals surface area contributed by atoms with Crippen LogP contribution in [0.1, 0.15) is 68.3 Å². The number of aryl methyl sites for hydroxylation is 6. The van der Waals surface area contributed by atoms with Gasteiger partial charge in [-0.1, -0.05) is 36.4 Å². The minimum atomic E-state index is -0.921. The van der Waals surface area contributed by atoms with Crippen LogP contribution in [0.2, 0.25) is 0 Å². The fourth-order valence-electron chi connectivity index (χ4n) is 6.27. The highest BCUT2D eigenvalue weighted by Crippen LogP contribution is 2.41. The number of hydrogen-bond acceptors (Lipinski definition) is 7. The summed E-state index contributed by atoms with van der Waals surface area (Å²) in [4.78, 5) is 30.5. The molecule has 0 radical (unpaired) electrons. The maximum Gasteiger partial charge on any atom is 0.120 e. The smallest absolute Gasteiger partial charge is 0.120 e. The van der Waals surface area contributed by atoms with Crippen LogP contribution in [0.15, 0.2) is 109 Å². The lowest BCUT2D eigenvalue weighted by molar-refractivity contribution is 0.0783. The van der Waals surface area contributed by atoms with E-state index in [2.05, 4.69) is 0 Å². The second-order valence-corrected chi connectivity index (χ2v) is 12.3. The van der Waals surface area contributed by atoms with Crippen molar-refractivity contribution < 1.29 is 4.74 Å². The van der Waals surface area contributed by atoms with Crippen molar-refractivity contribution in [1.29, 1.82) is 0 Å². The van der Waals surface area contributed by atoms with Gasteiger partial charge in [0.1, 0.15) is 10.8 Å². The highest BCUT2D eigenvalue weighted by Gasteiger charge is 2.45. The minimum absolute atomic E-state index is 0.210. The zero-order valence-corrected chi connectivity index (χ0v) is 27.9. The highest BCUT2D eigenvalue weighted by atomic mass is 16.5. The molecule has 7 heteroatoms. The average molecular weight is 621 g/mol. The standard InChI is InChI=1S/C40H40N6O/c1-27-13-7-19-33(41-27)39(34-20-8-14-28(2)42-34,35-21-9-15-29(3)43-35)25-47-26-40(36-22-10-16-30(4)44-36,37-23-11-17-31(5)45-37)38-24-12-18-32(6)46-38/h7-24H,25-26H2,1-6H3. The Labute approximate surface area is 277 Å². The molecule has 6 heterocycles. The van der Waals surface area contributed by atoms with E-state index in [0.717, 1.165) is 68.3 Å². The van der Waals surface area contributed by atoms with Gasteiger partial charge in [-0.05, 0) is 114 Å². The molecule has 0 saturated heterocycles. The summed E-state index contributed by atoms with van der Waals surface area (Å²) in [6.07, 6.45) is 0. The Bertz CT molecular complexity index is 1660. The molecule has 0 aliphatic heterocycles. The molecule has 0 aliphatic carbocycles. The fraction of sp³-hybridized carbons (Fsp3) is 0.250. The zero-order valence-electron chi connectivity index (χ0n) is 27.9. The Kier molecular flexibility index (Phi) is 9.01. The molecule has 6 aromatic heterocycles. The Balaban J connectivity index is 1.58. The highest BCUT2D eigenvalue weighted by molar-refractivity contribution is 5.46. The van der Waals surface area contributed by atoms with Crippen molar-refractivity contribution in [3.8, 4) is 0 Å². The van der Waals surface area contributed by atoms with Crippen molar-refractivity contribution >= 4 is 0 Å². The first-order valence-corrected chi connectivity index (χ1v) is 15.9. The monoisotopic (exact) mass is 620 g/mol. The number of nitrogens with zero attached hydrogens (tertiary/aromatic N) is 6. The summed E-state index contributed by atoms with van der Waals surface area (Å²) in [5, 5.41) is 0. The van der Waals surface area contributed by atoms with Crippen molar-refractivity contribution in [1.82, 2.24) is 29.9 Å². The molecule has 236 valence electrons. The lowest BCUT2D eigenvalue weighted by Crippen LogP contribution is -2.42. The van der Waals surface area contributed by atoms with Crippen LogP contribution in [0.4, 0.5) is 0 Å². The van der Waals surface area contributed by atoms with Crippen LogP contribution in [0.3, 0.4) is 0 Å². The van der Waals surface area contributed by atoms with E-state index >= 15 is 0 Å². The summed E-state index contributed by atoms with van der Waals surface area (Å²) in [5.41, 5.74) is 8.46. The van der Waals surface area contributed by atoms with Crippen LogP contribution in [0.25, 0.3) is 0 Å². The van der Waals surface area contributed by atoms with Crippen LogP contribution >= 0.6 is 0 Å². The molecule has 0 fully saturated rings. The number of aromatic nitrogens is 6. The van der Waals surface area contributed by atoms with Crippen molar-refractivity contribution in [2.24, 2.45) is 0 Å². The van der Waals surface area contributed by atoms with Crippen molar-refractivity contribution in [2.75, 3.05) is 13.2 Å². The molecule has 0 bridgehead atoms. The van der Waals surface area contributed by atoms with E-state index in [1.165, 1.54) is 0 Å². The van der Waals surface area contributed by atoms with E-state index in [9.17, 15) is 0 Å². The lowest BCUT2D eigenvalue weighted by Gasteiger charge is -2.37.